The van der Waals surface area contributed by atoms with Crippen molar-refractivity contribution in [2.24, 2.45) is 5.16 Å². The maximum absolute atomic E-state index is 8.06. The molecule has 3 heteroatoms. The minimum absolute atomic E-state index is 0.836. The van der Waals surface area contributed by atoms with Crippen LogP contribution in [0.15, 0.2) is 5.16 Å². The van der Waals surface area contributed by atoms with Crippen molar-refractivity contribution in [3.8, 4) is 0 Å². The Morgan fingerprint density at radius 1 is 1.86 bits per heavy atom. The van der Waals surface area contributed by atoms with Gasteiger partial charge in [0.05, 0.1) is 10.2 Å². The van der Waals surface area contributed by atoms with E-state index in [0.717, 1.165) is 18.2 Å². The SMILES string of the molecule is CCCC([SiH2])=NO. The molecule has 0 aromatic heterocycles. The van der Waals surface area contributed by atoms with Crippen LogP contribution >= 0.6 is 0 Å². The smallest absolute Gasteiger partial charge is 0.0718 e. The van der Waals surface area contributed by atoms with Gasteiger partial charge in [-0.1, -0.05) is 13.3 Å². The predicted molar refractivity (Wildman–Crippen MR) is 32.7 cm³/mol. The van der Waals surface area contributed by atoms with Crippen LogP contribution in [-0.2, 0) is 0 Å². The first kappa shape index (κ1) is 6.69. The molecular weight excluding hydrogens is 106 g/mol. The molecule has 0 rings (SSSR count). The van der Waals surface area contributed by atoms with Crippen molar-refractivity contribution in [3.63, 3.8) is 0 Å². The summed E-state index contributed by atoms with van der Waals surface area (Å²) in [5.41, 5.74) is 0. The van der Waals surface area contributed by atoms with Crippen molar-refractivity contribution in [3.05, 3.63) is 0 Å². The average Bonchev–Trinajstić information content (AvgIpc) is 1.68. The van der Waals surface area contributed by atoms with Crippen LogP contribution in [0, 0.1) is 0 Å². The molecule has 0 fully saturated rings. The van der Waals surface area contributed by atoms with Gasteiger partial charge in [0.25, 0.3) is 0 Å². The van der Waals surface area contributed by atoms with E-state index < -0.39 is 0 Å². The highest BCUT2D eigenvalue weighted by molar-refractivity contribution is 6.59. The van der Waals surface area contributed by atoms with Crippen molar-refractivity contribution >= 4 is 15.6 Å². The summed E-state index contributed by atoms with van der Waals surface area (Å²) < 4.78 is 0. The minimum Gasteiger partial charge on any atom is -0.411 e. The van der Waals surface area contributed by atoms with Gasteiger partial charge in [0.15, 0.2) is 0 Å². The lowest BCUT2D eigenvalue weighted by atomic mass is 10.4. The van der Waals surface area contributed by atoms with Crippen LogP contribution in [0.2, 0.25) is 0 Å². The maximum Gasteiger partial charge on any atom is 0.0718 e. The molecule has 0 saturated heterocycles. The lowest BCUT2D eigenvalue weighted by molar-refractivity contribution is 0.319. The van der Waals surface area contributed by atoms with E-state index in [9.17, 15) is 0 Å². The topological polar surface area (TPSA) is 32.6 Å². The molecule has 0 amide bonds. The molecular formula is C4H10NOSi. The van der Waals surface area contributed by atoms with Crippen LogP contribution in [0.3, 0.4) is 0 Å². The summed E-state index contributed by atoms with van der Waals surface area (Å²) in [6, 6.07) is 0. The molecule has 0 atom stereocenters. The maximum atomic E-state index is 8.06. The molecule has 0 aliphatic rings. The highest BCUT2D eigenvalue weighted by Crippen LogP contribution is 1.85. The summed E-state index contributed by atoms with van der Waals surface area (Å²) in [7, 11) is 1.63. The molecule has 0 aromatic rings. The highest BCUT2D eigenvalue weighted by Gasteiger charge is 1.84. The monoisotopic (exact) mass is 116 g/mol. The highest BCUT2D eigenvalue weighted by atomic mass is 28.1. The van der Waals surface area contributed by atoms with Crippen LogP contribution in [0.1, 0.15) is 19.8 Å². The van der Waals surface area contributed by atoms with Crippen LogP contribution in [0.5, 0.6) is 0 Å². The molecule has 0 aliphatic carbocycles. The Balaban J connectivity index is 3.17. The summed E-state index contributed by atoms with van der Waals surface area (Å²) in [6.07, 6.45) is 1.97. The van der Waals surface area contributed by atoms with Gasteiger partial charge in [-0.3, -0.25) is 0 Å². The average molecular weight is 116 g/mol. The summed E-state index contributed by atoms with van der Waals surface area (Å²) in [5, 5.41) is 11.9. The van der Waals surface area contributed by atoms with Crippen LogP contribution in [0.4, 0.5) is 0 Å². The Kier molecular flexibility index (Phi) is 3.69. The number of oxime groups is 1. The third-order valence-corrected chi connectivity index (χ3v) is 1.17. The van der Waals surface area contributed by atoms with Gasteiger partial charge in [0, 0.05) is 5.33 Å². The standard InChI is InChI=1S/C4H10NOSi/c1-2-3-4(7)5-6/h6H,2-3,7H2,1H3. The summed E-state index contributed by atoms with van der Waals surface area (Å²) in [4.78, 5) is 0. The van der Waals surface area contributed by atoms with E-state index >= 15 is 0 Å². The van der Waals surface area contributed by atoms with E-state index in [-0.39, 0.29) is 0 Å². The first-order valence-corrected chi connectivity index (χ1v) is 3.04. The second-order valence-corrected chi connectivity index (χ2v) is 2.23. The quantitative estimate of drug-likeness (QED) is 0.238. The Morgan fingerprint density at radius 2 is 2.43 bits per heavy atom. The van der Waals surface area contributed by atoms with Gasteiger partial charge in [-0.15, -0.1) is 5.16 Å². The van der Waals surface area contributed by atoms with Crippen molar-refractivity contribution in [2.75, 3.05) is 0 Å². The third kappa shape index (κ3) is 3.52. The zero-order chi connectivity index (χ0) is 5.70. The third-order valence-electron chi connectivity index (χ3n) is 0.680. The molecule has 0 heterocycles. The Morgan fingerprint density at radius 3 is 2.57 bits per heavy atom. The lowest BCUT2D eigenvalue weighted by Gasteiger charge is -1.87. The number of hydrogen-bond donors (Lipinski definition) is 1. The fourth-order valence-electron chi connectivity index (χ4n) is 0.339. The second kappa shape index (κ2) is 3.86. The Bertz CT molecular complexity index is 72.1. The lowest BCUT2D eigenvalue weighted by Crippen LogP contribution is -1.94. The molecule has 1 radical (unpaired) electrons. The summed E-state index contributed by atoms with van der Waals surface area (Å²) in [5.74, 6) is 0. The molecule has 41 valence electrons. The summed E-state index contributed by atoms with van der Waals surface area (Å²) >= 11 is 0. The number of hydrogen-bond acceptors (Lipinski definition) is 2. The van der Waals surface area contributed by atoms with Crippen molar-refractivity contribution in [2.45, 2.75) is 19.8 Å². The zero-order valence-electron chi connectivity index (χ0n) is 4.52. The largest absolute Gasteiger partial charge is 0.411 e. The fraction of sp³-hybridized carbons (Fsp3) is 0.750. The zero-order valence-corrected chi connectivity index (χ0v) is 5.93. The first-order chi connectivity index (χ1) is 3.31. The molecule has 0 spiro atoms. The Hall–Kier alpha value is -0.313. The van der Waals surface area contributed by atoms with E-state index in [0.29, 0.717) is 0 Å². The molecule has 0 aromatic carbocycles. The molecule has 1 N–H and O–H groups in total. The van der Waals surface area contributed by atoms with Gasteiger partial charge in [-0.05, 0) is 6.42 Å². The number of nitrogens with zero attached hydrogens (tertiary/aromatic N) is 1. The molecule has 0 unspecified atom stereocenters. The van der Waals surface area contributed by atoms with Crippen molar-refractivity contribution in [1.82, 2.24) is 0 Å². The molecule has 2 nitrogen and oxygen atoms in total. The van der Waals surface area contributed by atoms with Gasteiger partial charge in [-0.2, -0.15) is 0 Å². The van der Waals surface area contributed by atoms with E-state index in [1.807, 2.05) is 0 Å². The van der Waals surface area contributed by atoms with E-state index in [4.69, 9.17) is 5.21 Å². The summed E-state index contributed by atoms with van der Waals surface area (Å²) in [6.45, 7) is 2.05. The first-order valence-electron chi connectivity index (χ1n) is 2.34. The molecule has 7 heavy (non-hydrogen) atoms. The Labute approximate surface area is 46.6 Å². The molecule has 0 saturated carbocycles. The van der Waals surface area contributed by atoms with Gasteiger partial charge in [0.1, 0.15) is 0 Å². The second-order valence-electron chi connectivity index (χ2n) is 1.42. The molecule has 0 aliphatic heterocycles. The van der Waals surface area contributed by atoms with Crippen LogP contribution in [-0.4, -0.2) is 20.8 Å². The van der Waals surface area contributed by atoms with E-state index in [2.05, 4.69) is 12.1 Å². The van der Waals surface area contributed by atoms with E-state index in [1.54, 1.807) is 10.2 Å². The van der Waals surface area contributed by atoms with E-state index in [1.165, 1.54) is 0 Å². The van der Waals surface area contributed by atoms with Gasteiger partial charge in [-0.25, -0.2) is 0 Å². The molecule has 0 bridgehead atoms. The van der Waals surface area contributed by atoms with Crippen molar-refractivity contribution in [1.29, 1.82) is 0 Å². The normalized spacial score (nSPS) is 12.0. The van der Waals surface area contributed by atoms with Crippen LogP contribution in [0.25, 0.3) is 0 Å². The minimum atomic E-state index is 0.836. The fourth-order valence-corrected chi connectivity index (χ4v) is 0.692. The number of rotatable bonds is 2. The van der Waals surface area contributed by atoms with Gasteiger partial charge in [0.2, 0.25) is 0 Å². The van der Waals surface area contributed by atoms with Gasteiger partial charge >= 0.3 is 0 Å². The van der Waals surface area contributed by atoms with Gasteiger partial charge < -0.3 is 5.21 Å². The van der Waals surface area contributed by atoms with Crippen LogP contribution < -0.4 is 0 Å². The van der Waals surface area contributed by atoms with Crippen molar-refractivity contribution < 1.29 is 5.21 Å². The predicted octanol–water partition coefficient (Wildman–Crippen LogP) is 0.207.